The molecule has 0 fully saturated rings. The van der Waals surface area contributed by atoms with Crippen LogP contribution in [-0.4, -0.2) is 23.5 Å². The largest absolute Gasteiger partial charge is 0.357 e. The average Bonchev–Trinajstić information content (AvgIpc) is 2.42. The molecule has 0 spiro atoms. The SMILES string of the molecule is CCNC(=NCc1cccc(C)n1)NC(C)CCC(C)(C)C. The molecular formula is C18H32N4. The zero-order valence-electron chi connectivity index (χ0n) is 15.0. The van der Waals surface area contributed by atoms with Crippen molar-refractivity contribution in [3.8, 4) is 0 Å². The van der Waals surface area contributed by atoms with E-state index in [0.717, 1.165) is 30.3 Å². The minimum absolute atomic E-state index is 0.372. The average molecular weight is 304 g/mol. The Morgan fingerprint density at radius 3 is 2.64 bits per heavy atom. The summed E-state index contributed by atoms with van der Waals surface area (Å²) < 4.78 is 0. The van der Waals surface area contributed by atoms with E-state index in [9.17, 15) is 0 Å². The zero-order chi connectivity index (χ0) is 16.6. The molecule has 1 unspecified atom stereocenters. The van der Waals surface area contributed by atoms with Crippen molar-refractivity contribution in [2.75, 3.05) is 6.54 Å². The third-order valence-electron chi connectivity index (χ3n) is 3.40. The second kappa shape index (κ2) is 8.76. The Hall–Kier alpha value is -1.58. The first kappa shape index (κ1) is 18.5. The highest BCUT2D eigenvalue weighted by molar-refractivity contribution is 5.80. The first-order chi connectivity index (χ1) is 10.3. The smallest absolute Gasteiger partial charge is 0.191 e. The summed E-state index contributed by atoms with van der Waals surface area (Å²) in [5, 5.41) is 6.79. The minimum Gasteiger partial charge on any atom is -0.357 e. The van der Waals surface area contributed by atoms with E-state index in [4.69, 9.17) is 0 Å². The molecule has 1 atom stereocenters. The van der Waals surface area contributed by atoms with Gasteiger partial charge in [-0.3, -0.25) is 4.98 Å². The number of hydrogen-bond acceptors (Lipinski definition) is 2. The van der Waals surface area contributed by atoms with Crippen LogP contribution >= 0.6 is 0 Å². The van der Waals surface area contributed by atoms with Gasteiger partial charge < -0.3 is 10.6 Å². The first-order valence-electron chi connectivity index (χ1n) is 8.27. The highest BCUT2D eigenvalue weighted by atomic mass is 15.2. The Labute approximate surface area is 135 Å². The fourth-order valence-corrected chi connectivity index (χ4v) is 2.12. The standard InChI is InChI=1S/C18H32N4/c1-7-19-17(22-15(3)11-12-18(4,5)6)20-13-16-10-8-9-14(2)21-16/h8-10,15H,7,11-13H2,1-6H3,(H2,19,20,22). The second-order valence-electron chi connectivity index (χ2n) is 7.11. The van der Waals surface area contributed by atoms with Crippen molar-refractivity contribution in [1.82, 2.24) is 15.6 Å². The van der Waals surface area contributed by atoms with E-state index < -0.39 is 0 Å². The number of nitrogens with one attached hydrogen (secondary N) is 2. The summed E-state index contributed by atoms with van der Waals surface area (Å²) in [6.45, 7) is 14.6. The summed E-state index contributed by atoms with van der Waals surface area (Å²) in [7, 11) is 0. The van der Waals surface area contributed by atoms with Gasteiger partial charge in [-0.25, -0.2) is 4.99 Å². The van der Waals surface area contributed by atoms with Gasteiger partial charge in [-0.15, -0.1) is 0 Å². The van der Waals surface area contributed by atoms with E-state index in [1.807, 2.05) is 25.1 Å². The molecule has 2 N–H and O–H groups in total. The minimum atomic E-state index is 0.372. The molecule has 0 aliphatic rings. The van der Waals surface area contributed by atoms with Crippen LogP contribution in [0.1, 0.15) is 58.8 Å². The zero-order valence-corrected chi connectivity index (χ0v) is 15.0. The van der Waals surface area contributed by atoms with Crippen molar-refractivity contribution in [2.24, 2.45) is 10.4 Å². The Kier molecular flexibility index (Phi) is 7.36. The van der Waals surface area contributed by atoms with Crippen LogP contribution in [0.5, 0.6) is 0 Å². The molecule has 0 bridgehead atoms. The monoisotopic (exact) mass is 304 g/mol. The number of nitrogens with zero attached hydrogens (tertiary/aromatic N) is 2. The van der Waals surface area contributed by atoms with Gasteiger partial charge in [-0.2, -0.15) is 0 Å². The predicted molar refractivity (Wildman–Crippen MR) is 95.1 cm³/mol. The van der Waals surface area contributed by atoms with Crippen LogP contribution in [0.25, 0.3) is 0 Å². The summed E-state index contributed by atoms with van der Waals surface area (Å²) in [5.41, 5.74) is 2.40. The van der Waals surface area contributed by atoms with Gasteiger partial charge in [0.05, 0.1) is 12.2 Å². The number of guanidine groups is 1. The van der Waals surface area contributed by atoms with Crippen LogP contribution in [0.3, 0.4) is 0 Å². The molecule has 0 saturated carbocycles. The molecule has 0 aliphatic carbocycles. The number of aliphatic imine (C=N–C) groups is 1. The Balaban J connectivity index is 2.58. The molecule has 0 amide bonds. The second-order valence-corrected chi connectivity index (χ2v) is 7.11. The van der Waals surface area contributed by atoms with Crippen LogP contribution in [0.15, 0.2) is 23.2 Å². The van der Waals surface area contributed by atoms with Gasteiger partial charge >= 0.3 is 0 Å². The highest BCUT2D eigenvalue weighted by Gasteiger charge is 2.13. The predicted octanol–water partition coefficient (Wildman–Crippen LogP) is 3.66. The molecule has 1 aromatic heterocycles. The fourth-order valence-electron chi connectivity index (χ4n) is 2.12. The maximum absolute atomic E-state index is 4.64. The van der Waals surface area contributed by atoms with Crippen molar-refractivity contribution in [1.29, 1.82) is 0 Å². The van der Waals surface area contributed by atoms with Gasteiger partial charge in [0.25, 0.3) is 0 Å². The van der Waals surface area contributed by atoms with Crippen molar-refractivity contribution < 1.29 is 0 Å². The molecule has 0 radical (unpaired) electrons. The summed E-state index contributed by atoms with van der Waals surface area (Å²) in [4.78, 5) is 9.13. The third kappa shape index (κ3) is 8.01. The lowest BCUT2D eigenvalue weighted by Gasteiger charge is -2.23. The number of aromatic nitrogens is 1. The third-order valence-corrected chi connectivity index (χ3v) is 3.40. The summed E-state index contributed by atoms with van der Waals surface area (Å²) in [5.74, 6) is 0.868. The van der Waals surface area contributed by atoms with E-state index >= 15 is 0 Å². The number of pyridine rings is 1. The maximum atomic E-state index is 4.64. The van der Waals surface area contributed by atoms with E-state index in [1.54, 1.807) is 0 Å². The van der Waals surface area contributed by atoms with Crippen LogP contribution in [-0.2, 0) is 6.54 Å². The van der Waals surface area contributed by atoms with Gasteiger partial charge in [0, 0.05) is 18.3 Å². The first-order valence-corrected chi connectivity index (χ1v) is 8.27. The van der Waals surface area contributed by atoms with Crippen molar-refractivity contribution in [3.05, 3.63) is 29.6 Å². The summed E-state index contributed by atoms with van der Waals surface area (Å²) in [6, 6.07) is 6.45. The van der Waals surface area contributed by atoms with E-state index in [0.29, 0.717) is 18.0 Å². The topological polar surface area (TPSA) is 49.3 Å². The normalized spacial score (nSPS) is 13.8. The van der Waals surface area contributed by atoms with Crippen LogP contribution < -0.4 is 10.6 Å². The van der Waals surface area contributed by atoms with Gasteiger partial charge in [0.2, 0.25) is 0 Å². The summed E-state index contributed by atoms with van der Waals surface area (Å²) in [6.07, 6.45) is 2.33. The molecule has 4 heteroatoms. The van der Waals surface area contributed by atoms with Gasteiger partial charge in [-0.05, 0) is 51.2 Å². The Morgan fingerprint density at radius 1 is 1.32 bits per heavy atom. The molecule has 1 rings (SSSR count). The molecule has 1 aromatic rings. The molecule has 22 heavy (non-hydrogen) atoms. The van der Waals surface area contributed by atoms with E-state index in [2.05, 4.69) is 55.2 Å². The van der Waals surface area contributed by atoms with E-state index in [1.165, 1.54) is 6.42 Å². The number of rotatable bonds is 6. The van der Waals surface area contributed by atoms with Crippen LogP contribution in [0, 0.1) is 12.3 Å². The maximum Gasteiger partial charge on any atom is 0.191 e. The quantitative estimate of drug-likeness (QED) is 0.623. The van der Waals surface area contributed by atoms with Crippen molar-refractivity contribution >= 4 is 5.96 Å². The Morgan fingerprint density at radius 2 is 2.05 bits per heavy atom. The van der Waals surface area contributed by atoms with E-state index in [-0.39, 0.29) is 0 Å². The van der Waals surface area contributed by atoms with Gasteiger partial charge in [0.1, 0.15) is 0 Å². The number of aryl methyl sites for hydroxylation is 1. The highest BCUT2D eigenvalue weighted by Crippen LogP contribution is 2.21. The molecule has 1 heterocycles. The Bertz CT molecular complexity index is 474. The lowest BCUT2D eigenvalue weighted by atomic mass is 9.89. The van der Waals surface area contributed by atoms with Crippen LogP contribution in [0.2, 0.25) is 0 Å². The molecule has 0 saturated heterocycles. The lowest BCUT2D eigenvalue weighted by Crippen LogP contribution is -2.42. The molecule has 124 valence electrons. The van der Waals surface area contributed by atoms with Crippen LogP contribution in [0.4, 0.5) is 0 Å². The summed E-state index contributed by atoms with van der Waals surface area (Å²) >= 11 is 0. The van der Waals surface area contributed by atoms with Crippen molar-refractivity contribution in [2.45, 2.75) is 67.0 Å². The number of hydrogen-bond donors (Lipinski definition) is 2. The molecule has 0 aromatic carbocycles. The molecule has 4 nitrogen and oxygen atoms in total. The van der Waals surface area contributed by atoms with Crippen molar-refractivity contribution in [3.63, 3.8) is 0 Å². The molecule has 0 aliphatic heterocycles. The fraction of sp³-hybridized carbons (Fsp3) is 0.667. The van der Waals surface area contributed by atoms with Gasteiger partial charge in [-0.1, -0.05) is 26.8 Å². The molecular weight excluding hydrogens is 272 g/mol. The lowest BCUT2D eigenvalue weighted by molar-refractivity contribution is 0.346. The van der Waals surface area contributed by atoms with Gasteiger partial charge in [0.15, 0.2) is 5.96 Å².